The van der Waals surface area contributed by atoms with Crippen LogP contribution in [0.3, 0.4) is 0 Å². The average molecular weight is 242 g/mol. The Morgan fingerprint density at radius 1 is 1.24 bits per heavy atom. The quantitative estimate of drug-likeness (QED) is 0.619. The van der Waals surface area contributed by atoms with Crippen LogP contribution in [0.25, 0.3) is 0 Å². The minimum Gasteiger partial charge on any atom is -0.481 e. The largest absolute Gasteiger partial charge is 0.481 e. The Hall–Kier alpha value is -1.59. The third kappa shape index (κ3) is 3.72. The van der Waals surface area contributed by atoms with Crippen LogP contribution in [-0.4, -0.2) is 36.5 Å². The van der Waals surface area contributed by atoms with Crippen molar-refractivity contribution >= 4 is 17.8 Å². The molecule has 0 aliphatic heterocycles. The number of carboxylic acids is 1. The summed E-state index contributed by atoms with van der Waals surface area (Å²) in [4.78, 5) is 33.6. The van der Waals surface area contributed by atoms with Gasteiger partial charge in [0.05, 0.1) is 11.8 Å². The van der Waals surface area contributed by atoms with E-state index in [1.165, 1.54) is 7.05 Å². The van der Waals surface area contributed by atoms with Crippen LogP contribution in [-0.2, 0) is 14.4 Å². The molecule has 1 aliphatic rings. The molecular weight excluding hydrogens is 224 g/mol. The summed E-state index contributed by atoms with van der Waals surface area (Å²) in [5.41, 5.74) is 0. The molecule has 0 heterocycles. The maximum absolute atomic E-state index is 11.7. The van der Waals surface area contributed by atoms with Gasteiger partial charge >= 0.3 is 5.97 Å². The van der Waals surface area contributed by atoms with E-state index in [-0.39, 0.29) is 24.8 Å². The summed E-state index contributed by atoms with van der Waals surface area (Å²) >= 11 is 0. The SMILES string of the molecule is CNC(=O)CCNC(=O)[C@@H]1CCC[C@@H]1C(=O)O. The highest BCUT2D eigenvalue weighted by Gasteiger charge is 2.37. The number of carboxylic acid groups (broad SMARTS) is 1. The Bertz CT molecular complexity index is 317. The molecule has 0 aromatic carbocycles. The molecule has 1 rings (SSSR count). The van der Waals surface area contributed by atoms with Crippen LogP contribution < -0.4 is 10.6 Å². The van der Waals surface area contributed by atoms with E-state index in [1.54, 1.807) is 0 Å². The average Bonchev–Trinajstić information content (AvgIpc) is 2.77. The lowest BCUT2D eigenvalue weighted by Crippen LogP contribution is -2.37. The van der Waals surface area contributed by atoms with E-state index in [2.05, 4.69) is 10.6 Å². The van der Waals surface area contributed by atoms with E-state index >= 15 is 0 Å². The van der Waals surface area contributed by atoms with Crippen molar-refractivity contribution < 1.29 is 19.5 Å². The monoisotopic (exact) mass is 242 g/mol. The van der Waals surface area contributed by atoms with Crippen molar-refractivity contribution in [2.24, 2.45) is 11.8 Å². The molecule has 1 aliphatic carbocycles. The molecule has 96 valence electrons. The zero-order valence-corrected chi connectivity index (χ0v) is 9.86. The first-order valence-corrected chi connectivity index (χ1v) is 5.77. The molecule has 2 amide bonds. The van der Waals surface area contributed by atoms with Gasteiger partial charge in [0.15, 0.2) is 0 Å². The number of rotatable bonds is 5. The number of hydrogen-bond donors (Lipinski definition) is 3. The Morgan fingerprint density at radius 3 is 2.47 bits per heavy atom. The Kier molecular flexibility index (Phi) is 4.93. The molecule has 0 aromatic heterocycles. The summed E-state index contributed by atoms with van der Waals surface area (Å²) in [5.74, 6) is -2.33. The highest BCUT2D eigenvalue weighted by atomic mass is 16.4. The number of carbonyl (C=O) groups is 3. The second-order valence-corrected chi connectivity index (χ2v) is 4.20. The number of nitrogens with one attached hydrogen (secondary N) is 2. The van der Waals surface area contributed by atoms with Crippen molar-refractivity contribution in [2.75, 3.05) is 13.6 Å². The molecule has 1 fully saturated rings. The van der Waals surface area contributed by atoms with Crippen LogP contribution >= 0.6 is 0 Å². The molecule has 0 saturated heterocycles. The van der Waals surface area contributed by atoms with Crippen molar-refractivity contribution in [3.63, 3.8) is 0 Å². The van der Waals surface area contributed by atoms with E-state index in [4.69, 9.17) is 5.11 Å². The van der Waals surface area contributed by atoms with Crippen LogP contribution in [0.4, 0.5) is 0 Å². The highest BCUT2D eigenvalue weighted by molar-refractivity contribution is 5.85. The normalized spacial score (nSPS) is 23.1. The van der Waals surface area contributed by atoms with Crippen LogP contribution in [0.2, 0.25) is 0 Å². The molecule has 3 N–H and O–H groups in total. The van der Waals surface area contributed by atoms with Crippen LogP contribution in [0.15, 0.2) is 0 Å². The molecule has 1 saturated carbocycles. The van der Waals surface area contributed by atoms with E-state index in [9.17, 15) is 14.4 Å². The van der Waals surface area contributed by atoms with Crippen LogP contribution in [0.5, 0.6) is 0 Å². The minimum absolute atomic E-state index is 0.147. The van der Waals surface area contributed by atoms with Gasteiger partial charge in [0.1, 0.15) is 0 Å². The lowest BCUT2D eigenvalue weighted by molar-refractivity contribution is -0.146. The van der Waals surface area contributed by atoms with Gasteiger partial charge in [-0.25, -0.2) is 0 Å². The van der Waals surface area contributed by atoms with Gasteiger partial charge in [0.2, 0.25) is 11.8 Å². The van der Waals surface area contributed by atoms with E-state index in [0.29, 0.717) is 12.8 Å². The fourth-order valence-corrected chi connectivity index (χ4v) is 2.12. The summed E-state index contributed by atoms with van der Waals surface area (Å²) in [6, 6.07) is 0. The van der Waals surface area contributed by atoms with E-state index in [1.807, 2.05) is 0 Å². The summed E-state index contributed by atoms with van der Waals surface area (Å²) in [7, 11) is 1.53. The first kappa shape index (κ1) is 13.5. The lowest BCUT2D eigenvalue weighted by Gasteiger charge is -2.15. The van der Waals surface area contributed by atoms with Gasteiger partial charge in [-0.3, -0.25) is 14.4 Å². The summed E-state index contributed by atoms with van der Waals surface area (Å²) < 4.78 is 0. The number of carbonyl (C=O) groups excluding carboxylic acids is 2. The third-order valence-electron chi connectivity index (χ3n) is 3.10. The number of aliphatic carboxylic acids is 1. The topological polar surface area (TPSA) is 95.5 Å². The molecule has 17 heavy (non-hydrogen) atoms. The van der Waals surface area contributed by atoms with Crippen molar-refractivity contribution in [1.29, 1.82) is 0 Å². The molecule has 6 heteroatoms. The summed E-state index contributed by atoms with van der Waals surface area (Å²) in [6.45, 7) is 0.251. The molecule has 0 unspecified atom stereocenters. The molecule has 2 atom stereocenters. The van der Waals surface area contributed by atoms with Gasteiger partial charge in [0.25, 0.3) is 0 Å². The third-order valence-corrected chi connectivity index (χ3v) is 3.10. The molecule has 0 bridgehead atoms. The molecule has 0 radical (unpaired) electrons. The first-order valence-electron chi connectivity index (χ1n) is 5.77. The Morgan fingerprint density at radius 2 is 1.88 bits per heavy atom. The zero-order chi connectivity index (χ0) is 12.8. The molecule has 6 nitrogen and oxygen atoms in total. The fourth-order valence-electron chi connectivity index (χ4n) is 2.12. The zero-order valence-electron chi connectivity index (χ0n) is 9.86. The van der Waals surface area contributed by atoms with E-state index in [0.717, 1.165) is 6.42 Å². The molecule has 0 aromatic rings. The van der Waals surface area contributed by atoms with Gasteiger partial charge in [0, 0.05) is 20.0 Å². The highest BCUT2D eigenvalue weighted by Crippen LogP contribution is 2.31. The fraction of sp³-hybridized carbons (Fsp3) is 0.727. The standard InChI is InChI=1S/C11H18N2O4/c1-12-9(14)5-6-13-10(15)7-3-2-4-8(7)11(16)17/h7-8H,2-6H2,1H3,(H,12,14)(H,13,15)(H,16,17)/t7-,8+/m1/s1. The second kappa shape index (κ2) is 6.22. The summed E-state index contributed by atoms with van der Waals surface area (Å²) in [6.07, 6.45) is 2.16. The van der Waals surface area contributed by atoms with Crippen LogP contribution in [0.1, 0.15) is 25.7 Å². The lowest BCUT2D eigenvalue weighted by atomic mass is 9.95. The smallest absolute Gasteiger partial charge is 0.307 e. The van der Waals surface area contributed by atoms with E-state index < -0.39 is 17.8 Å². The summed E-state index contributed by atoms with van der Waals surface area (Å²) in [5, 5.41) is 14.0. The van der Waals surface area contributed by atoms with Crippen molar-refractivity contribution in [2.45, 2.75) is 25.7 Å². The second-order valence-electron chi connectivity index (χ2n) is 4.20. The van der Waals surface area contributed by atoms with Gasteiger partial charge < -0.3 is 15.7 Å². The van der Waals surface area contributed by atoms with Gasteiger partial charge in [-0.15, -0.1) is 0 Å². The molecular formula is C11H18N2O4. The van der Waals surface area contributed by atoms with Crippen LogP contribution in [0, 0.1) is 11.8 Å². The van der Waals surface area contributed by atoms with Crippen molar-refractivity contribution in [1.82, 2.24) is 10.6 Å². The minimum atomic E-state index is -0.908. The number of hydrogen-bond acceptors (Lipinski definition) is 3. The predicted molar refractivity (Wildman–Crippen MR) is 60.2 cm³/mol. The maximum atomic E-state index is 11.7. The van der Waals surface area contributed by atoms with Gasteiger partial charge in [-0.2, -0.15) is 0 Å². The maximum Gasteiger partial charge on any atom is 0.307 e. The van der Waals surface area contributed by atoms with Gasteiger partial charge in [-0.05, 0) is 12.8 Å². The Labute approximate surface area is 99.8 Å². The van der Waals surface area contributed by atoms with Crippen molar-refractivity contribution in [3.05, 3.63) is 0 Å². The van der Waals surface area contributed by atoms with Gasteiger partial charge in [-0.1, -0.05) is 6.42 Å². The molecule has 0 spiro atoms. The Balaban J connectivity index is 2.37. The predicted octanol–water partition coefficient (Wildman–Crippen LogP) is -0.260. The number of amides is 2. The van der Waals surface area contributed by atoms with Crippen molar-refractivity contribution in [3.8, 4) is 0 Å². The first-order chi connectivity index (χ1) is 8.06.